The Hall–Kier alpha value is -1.11. The quantitative estimate of drug-likeness (QED) is 0.838. The third-order valence-corrected chi connectivity index (χ3v) is 7.93. The molecule has 1 aliphatic carbocycles. The smallest absolute Gasteiger partial charge is 0.251 e. The highest BCUT2D eigenvalue weighted by Crippen LogP contribution is 2.28. The molecule has 1 saturated carbocycles. The highest BCUT2D eigenvalue weighted by molar-refractivity contribution is 7.89. The number of hydrogen-bond donors (Lipinski definition) is 1. The van der Waals surface area contributed by atoms with Crippen LogP contribution in [0.15, 0.2) is 23.1 Å². The molecule has 0 aromatic heterocycles. The number of piperidine rings is 1. The fourth-order valence-corrected chi connectivity index (χ4v) is 5.89. The number of amides is 1. The number of rotatable bonds is 4. The maximum atomic E-state index is 12.9. The molecule has 0 radical (unpaired) electrons. The average Bonchev–Trinajstić information content (AvgIpc) is 2.64. The van der Waals surface area contributed by atoms with Crippen LogP contribution >= 0.6 is 11.6 Å². The van der Waals surface area contributed by atoms with Gasteiger partial charge in [0.1, 0.15) is 4.90 Å². The Labute approximate surface area is 161 Å². The molecule has 2 fully saturated rings. The highest BCUT2D eigenvalue weighted by atomic mass is 35.5. The Kier molecular flexibility index (Phi) is 6.25. The Morgan fingerprint density at radius 1 is 1.12 bits per heavy atom. The maximum absolute atomic E-state index is 12.9. The third kappa shape index (κ3) is 4.24. The van der Waals surface area contributed by atoms with Crippen molar-refractivity contribution in [3.63, 3.8) is 0 Å². The molecule has 0 bridgehead atoms. The molecule has 0 spiro atoms. The molecule has 3 rings (SSSR count). The first-order valence-corrected chi connectivity index (χ1v) is 11.3. The molecule has 1 amide bonds. The van der Waals surface area contributed by atoms with E-state index in [1.165, 1.54) is 22.9 Å². The van der Waals surface area contributed by atoms with Gasteiger partial charge in [0.15, 0.2) is 0 Å². The van der Waals surface area contributed by atoms with Crippen molar-refractivity contribution in [2.75, 3.05) is 13.1 Å². The molecule has 1 saturated heterocycles. The van der Waals surface area contributed by atoms with Crippen molar-refractivity contribution in [2.24, 2.45) is 5.92 Å². The molecule has 26 heavy (non-hydrogen) atoms. The lowest BCUT2D eigenvalue weighted by Crippen LogP contribution is -2.41. The molecule has 5 nitrogen and oxygen atoms in total. The van der Waals surface area contributed by atoms with Gasteiger partial charge in [-0.1, -0.05) is 37.8 Å². The summed E-state index contributed by atoms with van der Waals surface area (Å²) in [6.07, 6.45) is 7.16. The van der Waals surface area contributed by atoms with Gasteiger partial charge in [0, 0.05) is 24.7 Å². The molecule has 1 heterocycles. The predicted molar refractivity (Wildman–Crippen MR) is 103 cm³/mol. The van der Waals surface area contributed by atoms with E-state index in [-0.39, 0.29) is 21.9 Å². The largest absolute Gasteiger partial charge is 0.349 e. The number of nitrogens with one attached hydrogen (secondary N) is 1. The third-order valence-electron chi connectivity index (χ3n) is 5.55. The van der Waals surface area contributed by atoms with Gasteiger partial charge in [-0.15, -0.1) is 0 Å². The van der Waals surface area contributed by atoms with E-state index in [9.17, 15) is 13.2 Å². The molecule has 1 N–H and O–H groups in total. The summed E-state index contributed by atoms with van der Waals surface area (Å²) >= 11 is 6.18. The van der Waals surface area contributed by atoms with Crippen LogP contribution in [0.3, 0.4) is 0 Å². The van der Waals surface area contributed by atoms with Crippen LogP contribution in [-0.2, 0) is 10.0 Å². The van der Waals surface area contributed by atoms with E-state index in [1.807, 2.05) is 0 Å². The maximum Gasteiger partial charge on any atom is 0.251 e. The lowest BCUT2D eigenvalue weighted by atomic mass is 9.86. The van der Waals surface area contributed by atoms with Crippen LogP contribution < -0.4 is 5.32 Å². The molecule has 2 atom stereocenters. The Balaban J connectivity index is 1.81. The monoisotopic (exact) mass is 398 g/mol. The van der Waals surface area contributed by atoms with Gasteiger partial charge < -0.3 is 5.32 Å². The molecule has 144 valence electrons. The lowest BCUT2D eigenvalue weighted by molar-refractivity contribution is 0.0910. The molecular formula is C19H27ClN2O3S. The fraction of sp³-hybridized carbons (Fsp3) is 0.632. The van der Waals surface area contributed by atoms with Gasteiger partial charge in [-0.25, -0.2) is 8.42 Å². The van der Waals surface area contributed by atoms with Gasteiger partial charge in [0.2, 0.25) is 10.0 Å². The molecule has 7 heteroatoms. The summed E-state index contributed by atoms with van der Waals surface area (Å²) in [5.41, 5.74) is 0.350. The van der Waals surface area contributed by atoms with Crippen LogP contribution in [0.2, 0.25) is 5.02 Å². The minimum absolute atomic E-state index is 0.0328. The number of hydrogen-bond acceptors (Lipinski definition) is 3. The second-order valence-corrected chi connectivity index (χ2v) is 9.77. The van der Waals surface area contributed by atoms with Crippen molar-refractivity contribution in [2.45, 2.75) is 62.8 Å². The van der Waals surface area contributed by atoms with E-state index >= 15 is 0 Å². The van der Waals surface area contributed by atoms with Crippen LogP contribution in [-0.4, -0.2) is 37.8 Å². The van der Waals surface area contributed by atoms with E-state index in [2.05, 4.69) is 12.2 Å². The zero-order valence-corrected chi connectivity index (χ0v) is 16.8. The van der Waals surface area contributed by atoms with Crippen molar-refractivity contribution >= 4 is 27.5 Å². The Morgan fingerprint density at radius 3 is 2.50 bits per heavy atom. The van der Waals surface area contributed by atoms with E-state index in [0.29, 0.717) is 24.6 Å². The number of benzene rings is 1. The summed E-state index contributed by atoms with van der Waals surface area (Å²) < 4.78 is 27.3. The number of nitrogens with zero attached hydrogens (tertiary/aromatic N) is 1. The molecule has 1 aromatic carbocycles. The van der Waals surface area contributed by atoms with Crippen LogP contribution in [0.25, 0.3) is 0 Å². The fourth-order valence-electron chi connectivity index (χ4n) is 3.87. The van der Waals surface area contributed by atoms with E-state index in [1.54, 1.807) is 6.07 Å². The zero-order chi connectivity index (χ0) is 18.7. The molecule has 0 unspecified atom stereocenters. The summed E-state index contributed by atoms with van der Waals surface area (Å²) in [6, 6.07) is 4.68. The van der Waals surface area contributed by atoms with Crippen molar-refractivity contribution < 1.29 is 13.2 Å². The second kappa shape index (κ2) is 8.28. The molecule has 2 aliphatic rings. The number of carbonyl (C=O) groups excluding carboxylic acids is 1. The zero-order valence-electron chi connectivity index (χ0n) is 15.2. The van der Waals surface area contributed by atoms with Gasteiger partial charge >= 0.3 is 0 Å². The first-order valence-electron chi connectivity index (χ1n) is 9.50. The van der Waals surface area contributed by atoms with Crippen molar-refractivity contribution in [1.29, 1.82) is 0 Å². The number of halogens is 1. The normalized spacial score (nSPS) is 25.0. The standard InChI is InChI=1S/C19H27ClN2O3S/c1-14-7-3-4-8-17(14)21-19(23)15-9-10-16(20)18(13-15)26(24,25)22-11-5-2-6-12-22/h9-10,13-14,17H,2-8,11-12H2,1H3,(H,21,23)/t14-,17+/m0/s1. The van der Waals surface area contributed by atoms with Crippen LogP contribution in [0.4, 0.5) is 0 Å². The summed E-state index contributed by atoms with van der Waals surface area (Å²) in [5, 5.41) is 3.24. The van der Waals surface area contributed by atoms with Crippen molar-refractivity contribution in [1.82, 2.24) is 9.62 Å². The topological polar surface area (TPSA) is 66.5 Å². The second-order valence-electron chi connectivity index (χ2n) is 7.45. The molecule has 1 aliphatic heterocycles. The summed E-state index contributed by atoms with van der Waals surface area (Å²) in [7, 11) is -3.67. The SMILES string of the molecule is C[C@H]1CCCC[C@H]1NC(=O)c1ccc(Cl)c(S(=O)(=O)N2CCCCC2)c1. The summed E-state index contributed by atoms with van der Waals surface area (Å²) in [5.74, 6) is 0.215. The summed E-state index contributed by atoms with van der Waals surface area (Å²) in [4.78, 5) is 12.7. The van der Waals surface area contributed by atoms with E-state index in [4.69, 9.17) is 11.6 Å². The first kappa shape index (κ1) is 19.6. The van der Waals surface area contributed by atoms with Gasteiger partial charge in [-0.2, -0.15) is 4.31 Å². The van der Waals surface area contributed by atoms with Gasteiger partial charge in [-0.3, -0.25) is 4.79 Å². The van der Waals surface area contributed by atoms with Crippen molar-refractivity contribution in [3.05, 3.63) is 28.8 Å². The van der Waals surface area contributed by atoms with E-state index in [0.717, 1.165) is 38.5 Å². The van der Waals surface area contributed by atoms with Crippen LogP contribution in [0.1, 0.15) is 62.2 Å². The first-order chi connectivity index (χ1) is 12.4. The Morgan fingerprint density at radius 2 is 1.81 bits per heavy atom. The van der Waals surface area contributed by atoms with Gasteiger partial charge in [0.25, 0.3) is 5.91 Å². The van der Waals surface area contributed by atoms with Crippen LogP contribution in [0, 0.1) is 5.92 Å². The van der Waals surface area contributed by atoms with Gasteiger partial charge in [-0.05, 0) is 49.8 Å². The summed E-state index contributed by atoms with van der Waals surface area (Å²) in [6.45, 7) is 3.17. The number of carbonyl (C=O) groups is 1. The molecular weight excluding hydrogens is 372 g/mol. The predicted octanol–water partition coefficient (Wildman–Crippen LogP) is 3.82. The minimum Gasteiger partial charge on any atom is -0.349 e. The Bertz CT molecular complexity index is 760. The minimum atomic E-state index is -3.67. The molecule has 1 aromatic rings. The van der Waals surface area contributed by atoms with Gasteiger partial charge in [0.05, 0.1) is 5.02 Å². The lowest BCUT2D eigenvalue weighted by Gasteiger charge is -2.29. The van der Waals surface area contributed by atoms with Crippen LogP contribution in [0.5, 0.6) is 0 Å². The number of sulfonamides is 1. The van der Waals surface area contributed by atoms with Crippen molar-refractivity contribution in [3.8, 4) is 0 Å². The van der Waals surface area contributed by atoms with E-state index < -0.39 is 10.0 Å². The highest BCUT2D eigenvalue weighted by Gasteiger charge is 2.29. The average molecular weight is 399 g/mol.